The van der Waals surface area contributed by atoms with Gasteiger partial charge in [-0.05, 0) is 61.6 Å². The summed E-state index contributed by atoms with van der Waals surface area (Å²) in [6.07, 6.45) is 1.28. The summed E-state index contributed by atoms with van der Waals surface area (Å²) in [5, 5.41) is 3.64. The van der Waals surface area contributed by atoms with E-state index in [1.807, 2.05) is 32.0 Å². The monoisotopic (exact) mass is 498 g/mol. The maximum absolute atomic E-state index is 12.9. The molecule has 1 amide bonds. The fourth-order valence-electron chi connectivity index (χ4n) is 3.68. The fourth-order valence-corrected chi connectivity index (χ4v) is 5.87. The Morgan fingerprint density at radius 2 is 1.97 bits per heavy atom. The summed E-state index contributed by atoms with van der Waals surface area (Å²) in [6, 6.07) is 10.7. The third kappa shape index (κ3) is 6.61. The van der Waals surface area contributed by atoms with Gasteiger partial charge in [-0.15, -0.1) is 0 Å². The van der Waals surface area contributed by atoms with Crippen molar-refractivity contribution in [2.24, 2.45) is 5.92 Å². The first-order valence-corrected chi connectivity index (χ1v) is 12.9. The van der Waals surface area contributed by atoms with Gasteiger partial charge in [-0.2, -0.15) is 0 Å². The fraction of sp³-hybridized carbons (Fsp3) is 0.435. The highest BCUT2D eigenvalue weighted by Crippen LogP contribution is 2.26. The SMILES string of the molecule is Cc1ccc(C)c(OCCNC(=O)[C@H]2CCCN(S(=O)(=O)Cc3ccc(Cl)cc3Cl)C2)c1. The highest BCUT2D eigenvalue weighted by atomic mass is 35.5. The zero-order chi connectivity index (χ0) is 23.3. The molecular weight excluding hydrogens is 471 g/mol. The van der Waals surface area contributed by atoms with Crippen LogP contribution >= 0.6 is 23.2 Å². The van der Waals surface area contributed by atoms with Crippen LogP contribution in [-0.4, -0.2) is 44.9 Å². The van der Waals surface area contributed by atoms with Crippen molar-refractivity contribution in [3.05, 3.63) is 63.1 Å². The third-order valence-electron chi connectivity index (χ3n) is 5.50. The summed E-state index contributed by atoms with van der Waals surface area (Å²) in [5.74, 6) is 0.0371. The molecule has 174 valence electrons. The van der Waals surface area contributed by atoms with Gasteiger partial charge in [0.15, 0.2) is 0 Å². The predicted molar refractivity (Wildman–Crippen MR) is 128 cm³/mol. The number of hydrogen-bond donors (Lipinski definition) is 1. The zero-order valence-electron chi connectivity index (χ0n) is 18.2. The number of nitrogens with one attached hydrogen (secondary N) is 1. The number of nitrogens with zero attached hydrogens (tertiary/aromatic N) is 1. The maximum Gasteiger partial charge on any atom is 0.224 e. The van der Waals surface area contributed by atoms with Gasteiger partial charge < -0.3 is 10.1 Å². The van der Waals surface area contributed by atoms with Crippen LogP contribution in [0, 0.1) is 19.8 Å². The van der Waals surface area contributed by atoms with Crippen molar-refractivity contribution in [1.82, 2.24) is 9.62 Å². The first-order valence-electron chi connectivity index (χ1n) is 10.6. The molecule has 1 atom stereocenters. The molecule has 32 heavy (non-hydrogen) atoms. The number of hydrogen-bond acceptors (Lipinski definition) is 4. The van der Waals surface area contributed by atoms with E-state index < -0.39 is 10.0 Å². The summed E-state index contributed by atoms with van der Waals surface area (Å²) in [5.41, 5.74) is 2.64. The number of sulfonamides is 1. The minimum absolute atomic E-state index is 0.154. The minimum Gasteiger partial charge on any atom is -0.491 e. The van der Waals surface area contributed by atoms with Gasteiger partial charge in [0.05, 0.1) is 18.2 Å². The van der Waals surface area contributed by atoms with Gasteiger partial charge in [0.1, 0.15) is 12.4 Å². The number of rotatable bonds is 8. The normalized spacial score (nSPS) is 17.2. The number of halogens is 2. The Balaban J connectivity index is 1.52. The molecular formula is C23H28Cl2N2O4S. The molecule has 0 saturated carbocycles. The molecule has 1 heterocycles. The van der Waals surface area contributed by atoms with E-state index in [4.69, 9.17) is 27.9 Å². The quantitative estimate of drug-likeness (QED) is 0.549. The lowest BCUT2D eigenvalue weighted by Crippen LogP contribution is -2.46. The second-order valence-corrected chi connectivity index (χ2v) is 10.9. The number of carbonyl (C=O) groups is 1. The first kappa shape index (κ1) is 24.8. The Bertz CT molecular complexity index is 1080. The van der Waals surface area contributed by atoms with Crippen LogP contribution in [-0.2, 0) is 20.6 Å². The molecule has 1 aliphatic rings. The van der Waals surface area contributed by atoms with Crippen molar-refractivity contribution in [2.75, 3.05) is 26.2 Å². The van der Waals surface area contributed by atoms with Crippen LogP contribution in [0.5, 0.6) is 5.75 Å². The molecule has 2 aromatic carbocycles. The summed E-state index contributed by atoms with van der Waals surface area (Å²) in [6.45, 7) is 5.24. The lowest BCUT2D eigenvalue weighted by atomic mass is 9.99. The van der Waals surface area contributed by atoms with Gasteiger partial charge in [-0.3, -0.25) is 4.79 Å². The number of carbonyl (C=O) groups excluding carboxylic acids is 1. The van der Waals surface area contributed by atoms with Crippen LogP contribution in [0.1, 0.15) is 29.5 Å². The van der Waals surface area contributed by atoms with Crippen LogP contribution in [0.25, 0.3) is 0 Å². The largest absolute Gasteiger partial charge is 0.491 e. The number of piperidine rings is 1. The van der Waals surface area contributed by atoms with Crippen molar-refractivity contribution in [3.63, 3.8) is 0 Å². The number of amides is 1. The summed E-state index contributed by atoms with van der Waals surface area (Å²) >= 11 is 12.0. The van der Waals surface area contributed by atoms with Crippen molar-refractivity contribution in [1.29, 1.82) is 0 Å². The molecule has 0 bridgehead atoms. The number of ether oxygens (including phenoxy) is 1. The molecule has 1 saturated heterocycles. The van der Waals surface area contributed by atoms with Gasteiger partial charge in [0, 0.05) is 23.1 Å². The van der Waals surface area contributed by atoms with E-state index in [1.54, 1.807) is 12.1 Å². The molecule has 3 rings (SSSR count). The minimum atomic E-state index is -3.61. The van der Waals surface area contributed by atoms with Crippen LogP contribution in [0.15, 0.2) is 36.4 Å². The van der Waals surface area contributed by atoms with Gasteiger partial charge >= 0.3 is 0 Å². The molecule has 1 fully saturated rings. The van der Waals surface area contributed by atoms with E-state index in [2.05, 4.69) is 5.32 Å². The molecule has 2 aromatic rings. The molecule has 0 aromatic heterocycles. The van der Waals surface area contributed by atoms with E-state index >= 15 is 0 Å². The maximum atomic E-state index is 12.9. The molecule has 6 nitrogen and oxygen atoms in total. The van der Waals surface area contributed by atoms with Crippen molar-refractivity contribution in [2.45, 2.75) is 32.4 Å². The molecule has 0 unspecified atom stereocenters. The Morgan fingerprint density at radius 1 is 1.19 bits per heavy atom. The van der Waals surface area contributed by atoms with E-state index in [1.165, 1.54) is 10.4 Å². The lowest BCUT2D eigenvalue weighted by molar-refractivity contribution is -0.126. The van der Waals surface area contributed by atoms with E-state index in [0.717, 1.165) is 16.9 Å². The van der Waals surface area contributed by atoms with E-state index in [-0.39, 0.29) is 24.1 Å². The van der Waals surface area contributed by atoms with Gasteiger partial charge in [-0.25, -0.2) is 12.7 Å². The summed E-state index contributed by atoms with van der Waals surface area (Å²) in [4.78, 5) is 12.6. The van der Waals surface area contributed by atoms with Crippen LogP contribution in [0.3, 0.4) is 0 Å². The Hall–Kier alpha value is -1.80. The van der Waals surface area contributed by atoms with E-state index in [0.29, 0.717) is 48.1 Å². The molecule has 9 heteroatoms. The molecule has 0 spiro atoms. The van der Waals surface area contributed by atoms with Crippen LogP contribution in [0.4, 0.5) is 0 Å². The van der Waals surface area contributed by atoms with Crippen molar-refractivity contribution in [3.8, 4) is 5.75 Å². The van der Waals surface area contributed by atoms with Crippen LogP contribution in [0.2, 0.25) is 10.0 Å². The van der Waals surface area contributed by atoms with Crippen molar-refractivity contribution < 1.29 is 17.9 Å². The Labute approximate surface area is 199 Å². The summed E-state index contributed by atoms with van der Waals surface area (Å²) < 4.78 is 33.0. The Kier molecular flexibility index (Phi) is 8.44. The van der Waals surface area contributed by atoms with Crippen molar-refractivity contribution >= 4 is 39.1 Å². The molecule has 1 N–H and O–H groups in total. The second kappa shape index (κ2) is 10.9. The predicted octanol–water partition coefficient (Wildman–Crippen LogP) is 4.35. The third-order valence-corrected chi connectivity index (χ3v) is 7.89. The first-order chi connectivity index (χ1) is 15.2. The van der Waals surface area contributed by atoms with Gasteiger partial charge in [0.2, 0.25) is 15.9 Å². The second-order valence-electron chi connectivity index (χ2n) is 8.10. The molecule has 1 aliphatic heterocycles. The van der Waals surface area contributed by atoms with E-state index in [9.17, 15) is 13.2 Å². The van der Waals surface area contributed by atoms with Crippen LogP contribution < -0.4 is 10.1 Å². The number of aryl methyl sites for hydroxylation is 2. The lowest BCUT2D eigenvalue weighted by Gasteiger charge is -2.31. The molecule has 0 aliphatic carbocycles. The smallest absolute Gasteiger partial charge is 0.224 e. The van der Waals surface area contributed by atoms with Gasteiger partial charge in [-0.1, -0.05) is 41.4 Å². The topological polar surface area (TPSA) is 75.7 Å². The Morgan fingerprint density at radius 3 is 2.72 bits per heavy atom. The van der Waals surface area contributed by atoms with Gasteiger partial charge in [0.25, 0.3) is 0 Å². The zero-order valence-corrected chi connectivity index (χ0v) is 20.6. The molecule has 0 radical (unpaired) electrons. The highest BCUT2D eigenvalue weighted by Gasteiger charge is 2.32. The summed E-state index contributed by atoms with van der Waals surface area (Å²) in [7, 11) is -3.61. The average molecular weight is 499 g/mol. The number of benzene rings is 2. The standard InChI is InChI=1S/C23H28Cl2N2O4S/c1-16-5-6-17(2)22(12-16)31-11-9-26-23(28)18-4-3-10-27(14-18)32(29,30)15-19-7-8-20(24)13-21(19)25/h5-8,12-13,18H,3-4,9-11,14-15H2,1-2H3,(H,26,28)/t18-/m0/s1. The average Bonchev–Trinajstić information content (AvgIpc) is 2.75. The highest BCUT2D eigenvalue weighted by molar-refractivity contribution is 7.88.